The number of nitrogens with one attached hydrogen (secondary N) is 1. The van der Waals surface area contributed by atoms with E-state index in [1.54, 1.807) is 0 Å². The van der Waals surface area contributed by atoms with Gasteiger partial charge in [-0.15, -0.1) is 11.3 Å². The van der Waals surface area contributed by atoms with Crippen LogP contribution < -0.4 is 20.3 Å². The van der Waals surface area contributed by atoms with Crippen molar-refractivity contribution in [3.8, 4) is 11.5 Å². The molecule has 1 N–H and O–H groups in total. The molecular formula is C19H19N3O6S. The molecule has 3 aromatic rings. The maximum absolute atomic E-state index is 12.7. The van der Waals surface area contributed by atoms with E-state index in [0.29, 0.717) is 22.2 Å². The number of benzene rings is 1. The Kier molecular flexibility index (Phi) is 5.83. The van der Waals surface area contributed by atoms with E-state index in [9.17, 15) is 14.4 Å². The molecule has 1 amide bonds. The number of hydrogen-bond acceptors (Lipinski definition) is 8. The lowest BCUT2D eigenvalue weighted by Crippen LogP contribution is -2.17. The second-order valence-corrected chi connectivity index (χ2v) is 6.93. The van der Waals surface area contributed by atoms with Crippen molar-refractivity contribution < 1.29 is 23.8 Å². The van der Waals surface area contributed by atoms with Crippen molar-refractivity contribution >= 4 is 33.9 Å². The number of aryl methyl sites for hydroxylation is 1. The summed E-state index contributed by atoms with van der Waals surface area (Å²) in [6, 6.07) is 4.21. The van der Waals surface area contributed by atoms with Gasteiger partial charge >= 0.3 is 5.97 Å². The van der Waals surface area contributed by atoms with Crippen LogP contribution in [0.15, 0.2) is 28.4 Å². The molecule has 0 saturated carbocycles. The van der Waals surface area contributed by atoms with Crippen LogP contribution in [0.5, 0.6) is 11.5 Å². The van der Waals surface area contributed by atoms with E-state index in [1.165, 1.54) is 55.1 Å². The molecule has 3 rings (SSSR count). The van der Waals surface area contributed by atoms with Crippen molar-refractivity contribution in [2.45, 2.75) is 20.5 Å². The zero-order chi connectivity index (χ0) is 21.1. The Morgan fingerprint density at radius 1 is 1.17 bits per heavy atom. The fraction of sp³-hybridized carbons (Fsp3) is 0.263. The molecule has 9 nitrogen and oxygen atoms in total. The number of carbonyl (C=O) groups excluding carboxylic acids is 2. The number of rotatable bonds is 6. The van der Waals surface area contributed by atoms with Gasteiger partial charge in [-0.1, -0.05) is 0 Å². The number of methoxy groups -OCH3 is 2. The largest absolute Gasteiger partial charge is 0.493 e. The molecule has 2 aromatic heterocycles. The molecule has 0 aliphatic carbocycles. The molecule has 0 saturated heterocycles. The summed E-state index contributed by atoms with van der Waals surface area (Å²) in [5.74, 6) is -0.417. The first-order chi connectivity index (χ1) is 13.8. The number of fused-ring (bicyclic) bond motifs is 1. The van der Waals surface area contributed by atoms with Crippen molar-refractivity contribution in [3.63, 3.8) is 0 Å². The van der Waals surface area contributed by atoms with Gasteiger partial charge in [-0.2, -0.15) is 0 Å². The predicted octanol–water partition coefficient (Wildman–Crippen LogP) is 2.40. The van der Waals surface area contributed by atoms with Gasteiger partial charge in [0.2, 0.25) is 5.91 Å². The molecule has 0 radical (unpaired) electrons. The van der Waals surface area contributed by atoms with Crippen molar-refractivity contribution in [3.05, 3.63) is 50.9 Å². The predicted molar refractivity (Wildman–Crippen MR) is 107 cm³/mol. The zero-order valence-corrected chi connectivity index (χ0v) is 17.1. The van der Waals surface area contributed by atoms with Crippen LogP contribution in [-0.4, -0.2) is 35.5 Å². The summed E-state index contributed by atoms with van der Waals surface area (Å²) in [7, 11) is 2.88. The van der Waals surface area contributed by atoms with E-state index in [-0.39, 0.29) is 29.3 Å². The van der Waals surface area contributed by atoms with Crippen LogP contribution in [0.2, 0.25) is 0 Å². The minimum Gasteiger partial charge on any atom is -0.493 e. The summed E-state index contributed by atoms with van der Waals surface area (Å²) in [5, 5.41) is 4.39. The number of amides is 1. The molecule has 0 bridgehead atoms. The molecule has 0 fully saturated rings. The Labute approximate surface area is 169 Å². The summed E-state index contributed by atoms with van der Waals surface area (Å²) < 4.78 is 17.2. The lowest BCUT2D eigenvalue weighted by atomic mass is 10.1. The number of aromatic nitrogens is 2. The maximum atomic E-state index is 12.7. The first kappa shape index (κ1) is 20.3. The SMILES string of the molecule is COc1cc(NC(C)=O)c(C(=O)OCc2cc(=O)n3c(C)csc3n2)cc1OC. The maximum Gasteiger partial charge on any atom is 0.340 e. The minimum absolute atomic E-state index is 0.0858. The lowest BCUT2D eigenvalue weighted by Gasteiger charge is -2.14. The molecule has 2 heterocycles. The van der Waals surface area contributed by atoms with Crippen molar-refractivity contribution in [1.82, 2.24) is 9.38 Å². The third-order valence-electron chi connectivity index (χ3n) is 4.03. The van der Waals surface area contributed by atoms with E-state index < -0.39 is 5.97 Å². The third kappa shape index (κ3) is 4.21. The smallest absolute Gasteiger partial charge is 0.340 e. The van der Waals surface area contributed by atoms with Crippen molar-refractivity contribution in [2.75, 3.05) is 19.5 Å². The Morgan fingerprint density at radius 2 is 1.86 bits per heavy atom. The van der Waals surface area contributed by atoms with Gasteiger partial charge < -0.3 is 19.5 Å². The number of carbonyl (C=O) groups is 2. The number of thiazole rings is 1. The molecule has 0 unspecified atom stereocenters. The topological polar surface area (TPSA) is 108 Å². The number of hydrogen-bond donors (Lipinski definition) is 1. The Balaban J connectivity index is 1.88. The fourth-order valence-corrected chi connectivity index (χ4v) is 3.62. The van der Waals surface area contributed by atoms with Crippen LogP contribution >= 0.6 is 11.3 Å². The molecular weight excluding hydrogens is 398 g/mol. The summed E-state index contributed by atoms with van der Waals surface area (Å²) in [6.45, 7) is 2.93. The average molecular weight is 417 g/mol. The van der Waals surface area contributed by atoms with Crippen LogP contribution in [0.1, 0.15) is 28.7 Å². The van der Waals surface area contributed by atoms with E-state index in [0.717, 1.165) is 5.69 Å². The Morgan fingerprint density at radius 3 is 2.52 bits per heavy atom. The summed E-state index contributed by atoms with van der Waals surface area (Å²) in [4.78, 5) is 41.3. The van der Waals surface area contributed by atoms with Gasteiger partial charge in [0.1, 0.15) is 6.61 Å². The quantitative estimate of drug-likeness (QED) is 0.614. The zero-order valence-electron chi connectivity index (χ0n) is 16.3. The van der Waals surface area contributed by atoms with Crippen LogP contribution in [0.4, 0.5) is 5.69 Å². The van der Waals surface area contributed by atoms with Gasteiger partial charge in [0.15, 0.2) is 16.5 Å². The molecule has 1 aromatic carbocycles. The van der Waals surface area contributed by atoms with Crippen molar-refractivity contribution in [2.24, 2.45) is 0 Å². The van der Waals surface area contributed by atoms with E-state index in [4.69, 9.17) is 14.2 Å². The van der Waals surface area contributed by atoms with Gasteiger partial charge in [-0.3, -0.25) is 14.0 Å². The van der Waals surface area contributed by atoms with Crippen LogP contribution in [0.3, 0.4) is 0 Å². The number of anilines is 1. The molecule has 0 atom stereocenters. The highest BCUT2D eigenvalue weighted by molar-refractivity contribution is 7.15. The number of nitrogens with zero attached hydrogens (tertiary/aromatic N) is 2. The summed E-state index contributed by atoms with van der Waals surface area (Å²) in [5.41, 5.74) is 1.17. The lowest BCUT2D eigenvalue weighted by molar-refractivity contribution is -0.114. The normalized spacial score (nSPS) is 10.6. The second-order valence-electron chi connectivity index (χ2n) is 6.09. The Bertz CT molecular complexity index is 1150. The van der Waals surface area contributed by atoms with Gasteiger partial charge in [0.25, 0.3) is 5.56 Å². The Hall–Kier alpha value is -3.40. The standard InChI is InChI=1S/C19H19N3O6S/c1-10-9-29-19-21-12(5-17(24)22(10)19)8-28-18(25)13-6-15(26-3)16(27-4)7-14(13)20-11(2)23/h5-7,9H,8H2,1-4H3,(H,20,23). The molecule has 29 heavy (non-hydrogen) atoms. The van der Waals surface area contributed by atoms with E-state index in [2.05, 4.69) is 10.3 Å². The molecule has 0 aliphatic heterocycles. The molecule has 0 spiro atoms. The molecule has 152 valence electrons. The van der Waals surface area contributed by atoms with Crippen LogP contribution in [-0.2, 0) is 16.1 Å². The fourth-order valence-electron chi connectivity index (χ4n) is 2.73. The van der Waals surface area contributed by atoms with E-state index >= 15 is 0 Å². The van der Waals surface area contributed by atoms with Gasteiger partial charge in [0.05, 0.1) is 31.2 Å². The average Bonchev–Trinajstić information content (AvgIpc) is 3.06. The minimum atomic E-state index is -0.709. The second kappa shape index (κ2) is 8.31. The van der Waals surface area contributed by atoms with Crippen molar-refractivity contribution in [1.29, 1.82) is 0 Å². The first-order valence-corrected chi connectivity index (χ1v) is 9.39. The van der Waals surface area contributed by atoms with E-state index in [1.807, 2.05) is 12.3 Å². The van der Waals surface area contributed by atoms with Gasteiger partial charge in [-0.25, -0.2) is 9.78 Å². The van der Waals surface area contributed by atoms with Crippen LogP contribution in [0, 0.1) is 6.92 Å². The first-order valence-electron chi connectivity index (χ1n) is 8.51. The third-order valence-corrected chi connectivity index (χ3v) is 4.98. The number of esters is 1. The van der Waals surface area contributed by atoms with Gasteiger partial charge in [-0.05, 0) is 6.92 Å². The molecule has 0 aliphatic rings. The highest BCUT2D eigenvalue weighted by Crippen LogP contribution is 2.34. The van der Waals surface area contributed by atoms with Gasteiger partial charge in [0, 0.05) is 36.2 Å². The summed E-state index contributed by atoms with van der Waals surface area (Å²) >= 11 is 1.32. The highest BCUT2D eigenvalue weighted by atomic mass is 32.1. The monoisotopic (exact) mass is 417 g/mol. The van der Waals surface area contributed by atoms with Crippen LogP contribution in [0.25, 0.3) is 4.96 Å². The molecule has 10 heteroatoms. The summed E-state index contributed by atoms with van der Waals surface area (Å²) in [6.07, 6.45) is 0. The number of ether oxygens (including phenoxy) is 3. The highest BCUT2D eigenvalue weighted by Gasteiger charge is 2.19.